The molecule has 0 aliphatic carbocycles. The predicted molar refractivity (Wildman–Crippen MR) is 223 cm³/mol. The van der Waals surface area contributed by atoms with E-state index in [1.165, 1.54) is 43.7 Å². The summed E-state index contributed by atoms with van der Waals surface area (Å²) in [6.07, 6.45) is 0. The molecule has 0 N–H and O–H groups in total. The van der Waals surface area contributed by atoms with Gasteiger partial charge in [-0.1, -0.05) is 121 Å². The van der Waals surface area contributed by atoms with E-state index in [9.17, 15) is 0 Å². The number of nitrogens with zero attached hydrogens (tertiary/aromatic N) is 2. The van der Waals surface area contributed by atoms with Gasteiger partial charge in [0.05, 0.1) is 16.7 Å². The van der Waals surface area contributed by atoms with E-state index in [1.54, 1.807) is 0 Å². The Balaban J connectivity index is 1.00. The molecule has 3 nitrogen and oxygen atoms in total. The Morgan fingerprint density at radius 3 is 1.72 bits per heavy atom. The Kier molecular flexibility index (Phi) is 6.55. The third-order valence-electron chi connectivity index (χ3n) is 10.8. The molecule has 11 aromatic rings. The van der Waals surface area contributed by atoms with Crippen molar-refractivity contribution < 1.29 is 4.42 Å². The molecule has 0 atom stereocenters. The molecule has 248 valence electrons. The Labute approximate surface area is 306 Å². The molecule has 0 amide bonds. The maximum atomic E-state index is 6.40. The normalized spacial score (nSPS) is 11.8. The van der Waals surface area contributed by atoms with Gasteiger partial charge in [-0.3, -0.25) is 0 Å². The van der Waals surface area contributed by atoms with E-state index in [1.807, 2.05) is 12.1 Å². The maximum absolute atomic E-state index is 6.40. The number of hydrogen-bond acceptors (Lipinski definition) is 2. The van der Waals surface area contributed by atoms with E-state index in [2.05, 4.69) is 191 Å². The van der Waals surface area contributed by atoms with Crippen LogP contribution < -0.4 is 4.90 Å². The van der Waals surface area contributed by atoms with Crippen LogP contribution in [0.2, 0.25) is 0 Å². The first kappa shape index (κ1) is 29.6. The third-order valence-corrected chi connectivity index (χ3v) is 10.8. The molecule has 0 aliphatic rings. The van der Waals surface area contributed by atoms with Gasteiger partial charge >= 0.3 is 0 Å². The zero-order valence-electron chi connectivity index (χ0n) is 28.8. The van der Waals surface area contributed by atoms with Crippen LogP contribution in [0, 0.1) is 0 Å². The largest absolute Gasteiger partial charge is 0.455 e. The number of anilines is 3. The van der Waals surface area contributed by atoms with Crippen LogP contribution in [0.5, 0.6) is 0 Å². The molecule has 0 saturated carbocycles. The van der Waals surface area contributed by atoms with Crippen molar-refractivity contribution in [3.8, 4) is 16.8 Å². The van der Waals surface area contributed by atoms with Crippen LogP contribution in [0.15, 0.2) is 199 Å². The zero-order chi connectivity index (χ0) is 34.9. The van der Waals surface area contributed by atoms with Gasteiger partial charge < -0.3 is 13.9 Å². The fraction of sp³-hybridized carbons (Fsp3) is 0. The summed E-state index contributed by atoms with van der Waals surface area (Å²) in [5.41, 5.74) is 11.1. The minimum absolute atomic E-state index is 0.915. The summed E-state index contributed by atoms with van der Waals surface area (Å²) >= 11 is 0. The van der Waals surface area contributed by atoms with Gasteiger partial charge in [0.25, 0.3) is 0 Å². The Bertz CT molecular complexity index is 3110. The first-order valence-electron chi connectivity index (χ1n) is 18.1. The number of rotatable bonds is 5. The van der Waals surface area contributed by atoms with Crippen molar-refractivity contribution in [2.75, 3.05) is 4.90 Å². The van der Waals surface area contributed by atoms with Crippen molar-refractivity contribution in [1.82, 2.24) is 4.57 Å². The highest BCUT2D eigenvalue weighted by Crippen LogP contribution is 2.42. The zero-order valence-corrected chi connectivity index (χ0v) is 28.8. The second-order valence-electron chi connectivity index (χ2n) is 13.7. The molecular weight excluding hydrogens is 645 g/mol. The first-order chi connectivity index (χ1) is 26.3. The molecule has 11 rings (SSSR count). The number of hydrogen-bond donors (Lipinski definition) is 0. The van der Waals surface area contributed by atoms with E-state index in [0.717, 1.165) is 55.5 Å². The van der Waals surface area contributed by atoms with E-state index < -0.39 is 0 Å². The Hall–Kier alpha value is -7.10. The molecule has 0 radical (unpaired) electrons. The molecule has 9 aromatic carbocycles. The molecule has 0 aliphatic heterocycles. The Morgan fingerprint density at radius 1 is 0.377 bits per heavy atom. The van der Waals surface area contributed by atoms with Gasteiger partial charge in [-0.2, -0.15) is 0 Å². The van der Waals surface area contributed by atoms with Crippen molar-refractivity contribution in [2.45, 2.75) is 0 Å². The first-order valence-corrected chi connectivity index (χ1v) is 18.1. The summed E-state index contributed by atoms with van der Waals surface area (Å²) in [5.74, 6) is 0. The molecule has 0 spiro atoms. The van der Waals surface area contributed by atoms with E-state index in [0.29, 0.717) is 0 Å². The number of aromatic nitrogens is 1. The average molecular weight is 677 g/mol. The molecule has 2 heterocycles. The van der Waals surface area contributed by atoms with Crippen molar-refractivity contribution >= 4 is 82.4 Å². The third kappa shape index (κ3) is 4.68. The van der Waals surface area contributed by atoms with Gasteiger partial charge in [-0.05, 0) is 94.7 Å². The van der Waals surface area contributed by atoms with E-state index in [-0.39, 0.29) is 0 Å². The molecular formula is C50H32N2O. The van der Waals surface area contributed by atoms with Gasteiger partial charge in [0.1, 0.15) is 11.2 Å². The molecule has 0 fully saturated rings. The summed E-state index contributed by atoms with van der Waals surface area (Å²) in [6, 6.07) is 69.8. The molecule has 0 unspecified atom stereocenters. The summed E-state index contributed by atoms with van der Waals surface area (Å²) < 4.78 is 8.76. The lowest BCUT2D eigenvalue weighted by Gasteiger charge is -2.27. The number of fused-ring (bicyclic) bond motifs is 9. The Morgan fingerprint density at radius 2 is 0.962 bits per heavy atom. The van der Waals surface area contributed by atoms with Gasteiger partial charge in [0, 0.05) is 49.4 Å². The van der Waals surface area contributed by atoms with Gasteiger partial charge in [0.2, 0.25) is 0 Å². The second kappa shape index (κ2) is 11.7. The van der Waals surface area contributed by atoms with E-state index >= 15 is 0 Å². The van der Waals surface area contributed by atoms with Gasteiger partial charge in [-0.15, -0.1) is 0 Å². The maximum Gasteiger partial charge on any atom is 0.143 e. The summed E-state index contributed by atoms with van der Waals surface area (Å²) in [7, 11) is 0. The highest BCUT2D eigenvalue weighted by atomic mass is 16.3. The lowest BCUT2D eigenvalue weighted by molar-refractivity contribution is 0.672. The average Bonchev–Trinajstić information content (AvgIpc) is 3.78. The van der Waals surface area contributed by atoms with Crippen LogP contribution >= 0.6 is 0 Å². The highest BCUT2D eigenvalue weighted by molar-refractivity contribution is 6.15. The predicted octanol–water partition coefficient (Wildman–Crippen LogP) is 14.1. The van der Waals surface area contributed by atoms with Gasteiger partial charge in [-0.25, -0.2) is 0 Å². The minimum Gasteiger partial charge on any atom is -0.455 e. The van der Waals surface area contributed by atoms with Crippen LogP contribution in [0.4, 0.5) is 17.1 Å². The van der Waals surface area contributed by atoms with Crippen LogP contribution in [-0.2, 0) is 0 Å². The van der Waals surface area contributed by atoms with Crippen molar-refractivity contribution in [2.24, 2.45) is 0 Å². The lowest BCUT2D eigenvalue weighted by atomic mass is 10.0. The van der Waals surface area contributed by atoms with E-state index in [4.69, 9.17) is 4.42 Å². The number of para-hydroxylation sites is 3. The van der Waals surface area contributed by atoms with Crippen molar-refractivity contribution in [1.29, 1.82) is 0 Å². The van der Waals surface area contributed by atoms with Crippen LogP contribution in [0.25, 0.3) is 82.1 Å². The summed E-state index contributed by atoms with van der Waals surface area (Å²) in [4.78, 5) is 2.37. The smallest absolute Gasteiger partial charge is 0.143 e. The quantitative estimate of drug-likeness (QED) is 0.181. The molecule has 53 heavy (non-hydrogen) atoms. The standard InChI is InChI=1S/C50H32N2O/c1-2-12-40-35(10-1)11-9-18-46(40)51(39-29-31-41-36(32-39)24-30-45-44-15-5-8-19-49(44)53-50(41)45)37-25-20-33(21-26-37)34-22-27-38(28-23-34)52-47-16-6-3-13-42(47)43-14-4-7-17-48(43)52/h1-32H. The minimum atomic E-state index is 0.915. The van der Waals surface area contributed by atoms with Crippen LogP contribution in [0.1, 0.15) is 0 Å². The monoisotopic (exact) mass is 676 g/mol. The van der Waals surface area contributed by atoms with Crippen LogP contribution in [-0.4, -0.2) is 4.57 Å². The second-order valence-corrected chi connectivity index (χ2v) is 13.7. The number of benzene rings is 9. The SMILES string of the molecule is c1ccc2c(N(c3ccc(-c4ccc(-n5c6ccccc6c6ccccc65)cc4)cc3)c3ccc4c(ccc5c6ccccc6oc45)c3)cccc2c1. The summed E-state index contributed by atoms with van der Waals surface area (Å²) in [5, 5.41) is 9.49. The molecule has 0 bridgehead atoms. The summed E-state index contributed by atoms with van der Waals surface area (Å²) in [6.45, 7) is 0. The number of furan rings is 1. The topological polar surface area (TPSA) is 21.3 Å². The van der Waals surface area contributed by atoms with Gasteiger partial charge in [0.15, 0.2) is 0 Å². The highest BCUT2D eigenvalue weighted by Gasteiger charge is 2.18. The molecule has 3 heteroatoms. The van der Waals surface area contributed by atoms with Crippen molar-refractivity contribution in [3.05, 3.63) is 194 Å². The fourth-order valence-electron chi connectivity index (χ4n) is 8.28. The van der Waals surface area contributed by atoms with Crippen LogP contribution in [0.3, 0.4) is 0 Å². The lowest BCUT2D eigenvalue weighted by Crippen LogP contribution is -2.10. The van der Waals surface area contributed by atoms with Crippen molar-refractivity contribution in [3.63, 3.8) is 0 Å². The molecule has 0 saturated heterocycles. The molecule has 2 aromatic heterocycles. The fourth-order valence-corrected chi connectivity index (χ4v) is 8.28.